The SMILES string of the molecule is CS[C@H]1O[C@@H](c2ccc(C)c(Cc3ccc(CCCCCN)cc3)c2)[C@H](OC(C)=O)[C@@H](OC(C)=O)[C@@H]1OC(C)=O. The van der Waals surface area contributed by atoms with Crippen molar-refractivity contribution in [2.45, 2.75) is 89.7 Å². The molecule has 0 unspecified atom stereocenters. The van der Waals surface area contributed by atoms with Crippen molar-refractivity contribution >= 4 is 29.7 Å². The number of hydrogen-bond acceptors (Lipinski definition) is 9. The van der Waals surface area contributed by atoms with Gasteiger partial charge in [-0.3, -0.25) is 14.4 Å². The Bertz CT molecular complexity index is 1150. The fraction of sp³-hybridized carbons (Fsp3) is 0.516. The maximum Gasteiger partial charge on any atom is 0.303 e. The van der Waals surface area contributed by atoms with Crippen molar-refractivity contribution in [3.63, 3.8) is 0 Å². The third-order valence-corrected chi connectivity index (χ3v) is 7.77. The zero-order valence-electron chi connectivity index (χ0n) is 24.0. The number of nitrogens with two attached hydrogens (primary N) is 1. The molecular formula is C31H41NO7S. The summed E-state index contributed by atoms with van der Waals surface area (Å²) in [4.78, 5) is 36.1. The van der Waals surface area contributed by atoms with Crippen molar-refractivity contribution in [2.24, 2.45) is 5.73 Å². The van der Waals surface area contributed by atoms with Gasteiger partial charge in [-0.1, -0.05) is 48.9 Å². The van der Waals surface area contributed by atoms with E-state index in [1.165, 1.54) is 43.7 Å². The summed E-state index contributed by atoms with van der Waals surface area (Å²) < 4.78 is 23.2. The predicted molar refractivity (Wildman–Crippen MR) is 155 cm³/mol. The van der Waals surface area contributed by atoms with Gasteiger partial charge in [-0.25, -0.2) is 0 Å². The first kappa shape index (κ1) is 31.6. The fourth-order valence-electron chi connectivity index (χ4n) is 4.98. The molecule has 1 heterocycles. The van der Waals surface area contributed by atoms with E-state index in [0.29, 0.717) is 6.42 Å². The number of aryl methyl sites for hydroxylation is 2. The Hall–Kier alpha value is -2.88. The number of ether oxygens (including phenoxy) is 4. The van der Waals surface area contributed by atoms with Crippen LogP contribution in [0.25, 0.3) is 0 Å². The predicted octanol–water partition coefficient (Wildman–Crippen LogP) is 4.81. The van der Waals surface area contributed by atoms with Gasteiger partial charge in [0, 0.05) is 20.8 Å². The third-order valence-electron chi connectivity index (χ3n) is 6.92. The minimum Gasteiger partial charge on any atom is -0.455 e. The van der Waals surface area contributed by atoms with Crippen LogP contribution in [-0.2, 0) is 46.2 Å². The first-order chi connectivity index (χ1) is 19.1. The molecule has 0 aliphatic carbocycles. The summed E-state index contributed by atoms with van der Waals surface area (Å²) in [7, 11) is 0. The van der Waals surface area contributed by atoms with Gasteiger partial charge in [-0.2, -0.15) is 0 Å². The number of rotatable bonds is 12. The highest BCUT2D eigenvalue weighted by Crippen LogP contribution is 2.40. The summed E-state index contributed by atoms with van der Waals surface area (Å²) in [6.07, 6.45) is 3.16. The highest BCUT2D eigenvalue weighted by atomic mass is 32.2. The number of unbranched alkanes of at least 4 members (excludes halogenated alkanes) is 2. The van der Waals surface area contributed by atoms with Crippen LogP contribution in [-0.4, -0.2) is 54.5 Å². The van der Waals surface area contributed by atoms with E-state index >= 15 is 0 Å². The second kappa shape index (κ2) is 15.2. The molecule has 9 heteroatoms. The number of carbonyl (C=O) groups is 3. The molecule has 2 aromatic rings. The molecule has 0 saturated carbocycles. The van der Waals surface area contributed by atoms with E-state index in [4.69, 9.17) is 24.7 Å². The molecule has 1 aliphatic rings. The van der Waals surface area contributed by atoms with E-state index < -0.39 is 47.8 Å². The van der Waals surface area contributed by atoms with Crippen molar-refractivity contribution < 1.29 is 33.3 Å². The summed E-state index contributed by atoms with van der Waals surface area (Å²) in [5, 5.41) is 0. The van der Waals surface area contributed by atoms with E-state index in [1.54, 1.807) is 0 Å². The number of hydrogen-bond donors (Lipinski definition) is 1. The van der Waals surface area contributed by atoms with Crippen molar-refractivity contribution in [3.05, 3.63) is 70.3 Å². The van der Waals surface area contributed by atoms with Crippen LogP contribution in [0.2, 0.25) is 0 Å². The molecule has 0 radical (unpaired) electrons. The van der Waals surface area contributed by atoms with Crippen LogP contribution in [0.4, 0.5) is 0 Å². The van der Waals surface area contributed by atoms with Gasteiger partial charge in [0.25, 0.3) is 0 Å². The molecule has 0 bridgehead atoms. The Labute approximate surface area is 241 Å². The maximum atomic E-state index is 12.2. The van der Waals surface area contributed by atoms with Gasteiger partial charge >= 0.3 is 17.9 Å². The number of thioether (sulfide) groups is 1. The average Bonchev–Trinajstić information content (AvgIpc) is 2.90. The first-order valence-corrected chi connectivity index (χ1v) is 15.0. The highest BCUT2D eigenvalue weighted by Gasteiger charge is 2.52. The zero-order valence-corrected chi connectivity index (χ0v) is 24.8. The molecule has 5 atom stereocenters. The van der Waals surface area contributed by atoms with E-state index in [0.717, 1.165) is 48.9 Å². The highest BCUT2D eigenvalue weighted by molar-refractivity contribution is 7.99. The van der Waals surface area contributed by atoms with Crippen LogP contribution >= 0.6 is 11.8 Å². The Kier molecular flexibility index (Phi) is 12.0. The first-order valence-electron chi connectivity index (χ1n) is 13.7. The van der Waals surface area contributed by atoms with Gasteiger partial charge in [0.15, 0.2) is 18.3 Å². The van der Waals surface area contributed by atoms with Crippen LogP contribution in [0.15, 0.2) is 42.5 Å². The van der Waals surface area contributed by atoms with Gasteiger partial charge in [0.05, 0.1) is 0 Å². The van der Waals surface area contributed by atoms with Crippen LogP contribution in [0, 0.1) is 6.92 Å². The molecule has 2 aromatic carbocycles. The Morgan fingerprint density at radius 2 is 1.43 bits per heavy atom. The fourth-order valence-corrected chi connectivity index (χ4v) is 5.69. The summed E-state index contributed by atoms with van der Waals surface area (Å²) in [6.45, 7) is 6.62. The number of benzene rings is 2. The zero-order chi connectivity index (χ0) is 29.2. The lowest BCUT2D eigenvalue weighted by molar-refractivity contribution is -0.233. The van der Waals surface area contributed by atoms with Crippen molar-refractivity contribution in [1.29, 1.82) is 0 Å². The van der Waals surface area contributed by atoms with Crippen LogP contribution in [0.5, 0.6) is 0 Å². The van der Waals surface area contributed by atoms with Gasteiger partial charge in [-0.15, -0.1) is 11.8 Å². The summed E-state index contributed by atoms with van der Waals surface area (Å²) >= 11 is 1.33. The van der Waals surface area contributed by atoms with E-state index in [2.05, 4.69) is 31.2 Å². The second-order valence-corrected chi connectivity index (χ2v) is 11.1. The van der Waals surface area contributed by atoms with Crippen LogP contribution < -0.4 is 5.73 Å². The summed E-state index contributed by atoms with van der Waals surface area (Å²) in [6, 6.07) is 14.7. The molecule has 0 spiro atoms. The molecule has 0 aromatic heterocycles. The molecule has 0 amide bonds. The molecule has 218 valence electrons. The van der Waals surface area contributed by atoms with Gasteiger partial charge in [0.1, 0.15) is 11.5 Å². The normalized spacial score (nSPS) is 22.4. The lowest BCUT2D eigenvalue weighted by Crippen LogP contribution is -2.57. The molecule has 1 fully saturated rings. The van der Waals surface area contributed by atoms with E-state index in [-0.39, 0.29) is 0 Å². The maximum absolute atomic E-state index is 12.2. The minimum absolute atomic E-state index is 0.552. The monoisotopic (exact) mass is 571 g/mol. The molecule has 8 nitrogen and oxygen atoms in total. The van der Waals surface area contributed by atoms with Gasteiger partial charge in [-0.05, 0) is 73.2 Å². The smallest absolute Gasteiger partial charge is 0.303 e. The minimum atomic E-state index is -1.04. The second-order valence-electron chi connectivity index (χ2n) is 10.2. The molecule has 3 rings (SSSR count). The van der Waals surface area contributed by atoms with Crippen LogP contribution in [0.3, 0.4) is 0 Å². The van der Waals surface area contributed by atoms with E-state index in [9.17, 15) is 14.4 Å². The quantitative estimate of drug-likeness (QED) is 0.218. The van der Waals surface area contributed by atoms with E-state index in [1.807, 2.05) is 24.5 Å². The summed E-state index contributed by atoms with van der Waals surface area (Å²) in [5.74, 6) is -1.69. The summed E-state index contributed by atoms with van der Waals surface area (Å²) in [5.41, 5.74) is 10.4. The Morgan fingerprint density at radius 1 is 0.825 bits per heavy atom. The van der Waals surface area contributed by atoms with Crippen molar-refractivity contribution in [3.8, 4) is 0 Å². The van der Waals surface area contributed by atoms with Crippen molar-refractivity contribution in [1.82, 2.24) is 0 Å². The third kappa shape index (κ3) is 8.81. The lowest BCUT2D eigenvalue weighted by atomic mass is 9.90. The molecule has 1 aliphatic heterocycles. The standard InChI is InChI=1S/C31H41NO7S/c1-19-10-15-25(18-26(19)17-24-13-11-23(12-14-24)9-7-6-8-16-32)27-28(36-20(2)33)29(37-21(3)34)30(38-22(4)35)31(39-27)40-5/h10-15,18,27-31H,6-9,16-17,32H2,1-5H3/t27-,28-,29+,30-,31+/m0/s1. The number of esters is 3. The largest absolute Gasteiger partial charge is 0.455 e. The van der Waals surface area contributed by atoms with Gasteiger partial charge < -0.3 is 24.7 Å². The average molecular weight is 572 g/mol. The Morgan fingerprint density at radius 3 is 2.02 bits per heavy atom. The molecule has 40 heavy (non-hydrogen) atoms. The van der Waals surface area contributed by atoms with Gasteiger partial charge in [0.2, 0.25) is 0 Å². The molecule has 2 N–H and O–H groups in total. The lowest BCUT2D eigenvalue weighted by Gasteiger charge is -2.44. The number of carbonyl (C=O) groups excluding carboxylic acids is 3. The van der Waals surface area contributed by atoms with Crippen molar-refractivity contribution in [2.75, 3.05) is 12.8 Å². The van der Waals surface area contributed by atoms with Crippen LogP contribution in [0.1, 0.15) is 74.0 Å². The topological polar surface area (TPSA) is 114 Å². The molecular weight excluding hydrogens is 530 g/mol. The molecule has 1 saturated heterocycles. The Balaban J connectivity index is 1.90.